The predicted octanol–water partition coefficient (Wildman–Crippen LogP) is 4.08. The first-order chi connectivity index (χ1) is 11.0. The smallest absolute Gasteiger partial charge is 0.224 e. The minimum Gasteiger partial charge on any atom is -0.340 e. The number of nitrogens with one attached hydrogen (secondary N) is 2. The van der Waals surface area contributed by atoms with Crippen LogP contribution in [0.4, 0.5) is 17.2 Å². The summed E-state index contributed by atoms with van der Waals surface area (Å²) in [7, 11) is 0. The maximum Gasteiger partial charge on any atom is 0.224 e. The second-order valence-electron chi connectivity index (χ2n) is 6.04. The van der Waals surface area contributed by atoms with Crippen molar-refractivity contribution < 1.29 is 4.79 Å². The molecule has 5 nitrogen and oxygen atoms in total. The lowest BCUT2D eigenvalue weighted by molar-refractivity contribution is -0.116. The molecule has 0 fully saturated rings. The van der Waals surface area contributed by atoms with Gasteiger partial charge in [0.1, 0.15) is 12.1 Å². The summed E-state index contributed by atoms with van der Waals surface area (Å²) in [5, 5.41) is 6.27. The van der Waals surface area contributed by atoms with Crippen molar-refractivity contribution in [3.63, 3.8) is 0 Å². The van der Waals surface area contributed by atoms with Gasteiger partial charge in [0.25, 0.3) is 0 Å². The monoisotopic (exact) mass is 312 g/mol. The van der Waals surface area contributed by atoms with Crippen LogP contribution in [0.25, 0.3) is 0 Å². The Bertz CT molecular complexity index is 682. The lowest BCUT2D eigenvalue weighted by atomic mass is 10.1. The fourth-order valence-electron chi connectivity index (χ4n) is 2.32. The number of anilines is 3. The number of nitrogens with zero attached hydrogens (tertiary/aromatic N) is 2. The zero-order chi connectivity index (χ0) is 16.8. The highest BCUT2D eigenvalue weighted by molar-refractivity contribution is 5.92. The summed E-state index contributed by atoms with van der Waals surface area (Å²) in [5.74, 6) is 1.12. The molecule has 2 aromatic rings. The van der Waals surface area contributed by atoms with E-state index >= 15 is 0 Å². The number of carbonyl (C=O) groups is 1. The van der Waals surface area contributed by atoms with E-state index in [9.17, 15) is 4.79 Å². The highest BCUT2D eigenvalue weighted by Gasteiger charge is 2.09. The second kappa shape index (κ2) is 7.72. The van der Waals surface area contributed by atoms with Gasteiger partial charge < -0.3 is 10.6 Å². The molecule has 0 radical (unpaired) electrons. The summed E-state index contributed by atoms with van der Waals surface area (Å²) in [6.07, 6.45) is 2.92. The van der Waals surface area contributed by atoms with Crippen LogP contribution in [0.1, 0.15) is 38.4 Å². The van der Waals surface area contributed by atoms with Gasteiger partial charge in [0.05, 0.1) is 0 Å². The van der Waals surface area contributed by atoms with E-state index in [1.165, 1.54) is 6.33 Å². The molecule has 2 N–H and O–H groups in total. The Hall–Kier alpha value is -2.43. The van der Waals surface area contributed by atoms with E-state index < -0.39 is 0 Å². The summed E-state index contributed by atoms with van der Waals surface area (Å²) in [6, 6.07) is 7.86. The Morgan fingerprint density at radius 3 is 2.65 bits per heavy atom. The highest BCUT2D eigenvalue weighted by Crippen LogP contribution is 2.24. The number of carbonyl (C=O) groups excluding carboxylic acids is 1. The molecule has 0 saturated carbocycles. The molecule has 1 heterocycles. The van der Waals surface area contributed by atoms with Gasteiger partial charge >= 0.3 is 0 Å². The van der Waals surface area contributed by atoms with Crippen molar-refractivity contribution in [1.29, 1.82) is 0 Å². The zero-order valence-corrected chi connectivity index (χ0v) is 14.2. The Kier molecular flexibility index (Phi) is 5.68. The third-order valence-electron chi connectivity index (χ3n) is 3.43. The molecular weight excluding hydrogens is 288 g/mol. The van der Waals surface area contributed by atoms with Gasteiger partial charge in [0.15, 0.2) is 0 Å². The van der Waals surface area contributed by atoms with Gasteiger partial charge in [0, 0.05) is 29.6 Å². The summed E-state index contributed by atoms with van der Waals surface area (Å²) < 4.78 is 0. The van der Waals surface area contributed by atoms with Gasteiger partial charge in [0.2, 0.25) is 5.91 Å². The summed E-state index contributed by atoms with van der Waals surface area (Å²) in [4.78, 5) is 20.3. The first kappa shape index (κ1) is 16.9. The van der Waals surface area contributed by atoms with Crippen LogP contribution >= 0.6 is 0 Å². The molecule has 0 atom stereocenters. The molecule has 0 bridgehead atoms. The molecule has 1 amide bonds. The minimum atomic E-state index is 0.0460. The maximum atomic E-state index is 12.1. The summed E-state index contributed by atoms with van der Waals surface area (Å²) in [5.41, 5.74) is 3.76. The van der Waals surface area contributed by atoms with Gasteiger partial charge in [-0.25, -0.2) is 9.97 Å². The lowest BCUT2D eigenvalue weighted by Gasteiger charge is -2.14. The summed E-state index contributed by atoms with van der Waals surface area (Å²) in [6.45, 7) is 8.07. The molecule has 0 aliphatic carbocycles. The van der Waals surface area contributed by atoms with Gasteiger partial charge in [-0.3, -0.25) is 4.79 Å². The van der Waals surface area contributed by atoms with Crippen LogP contribution in [0, 0.1) is 12.8 Å². The van der Waals surface area contributed by atoms with Gasteiger partial charge in [-0.1, -0.05) is 26.8 Å². The molecule has 1 aromatic carbocycles. The van der Waals surface area contributed by atoms with E-state index in [0.717, 1.165) is 34.9 Å². The second-order valence-corrected chi connectivity index (χ2v) is 6.04. The third kappa shape index (κ3) is 5.06. The molecule has 0 aliphatic heterocycles. The van der Waals surface area contributed by atoms with Crippen LogP contribution in [0.2, 0.25) is 0 Å². The topological polar surface area (TPSA) is 66.9 Å². The number of amides is 1. The molecule has 1 aromatic heterocycles. The van der Waals surface area contributed by atoms with Crippen molar-refractivity contribution in [2.24, 2.45) is 5.92 Å². The van der Waals surface area contributed by atoms with Gasteiger partial charge in [-0.15, -0.1) is 0 Å². The molecule has 2 rings (SSSR count). The number of hydrogen-bond acceptors (Lipinski definition) is 4. The van der Waals surface area contributed by atoms with E-state index in [2.05, 4.69) is 27.5 Å². The van der Waals surface area contributed by atoms with Crippen LogP contribution in [0.15, 0.2) is 30.6 Å². The van der Waals surface area contributed by atoms with E-state index in [0.29, 0.717) is 12.3 Å². The molecular formula is C18H24N4O. The fraction of sp³-hybridized carbons (Fsp3) is 0.389. The first-order valence-electron chi connectivity index (χ1n) is 7.96. The third-order valence-corrected chi connectivity index (χ3v) is 3.43. The first-order valence-corrected chi connectivity index (χ1v) is 7.96. The van der Waals surface area contributed by atoms with Crippen molar-refractivity contribution >= 4 is 23.1 Å². The van der Waals surface area contributed by atoms with Gasteiger partial charge in [-0.2, -0.15) is 0 Å². The molecule has 122 valence electrons. The van der Waals surface area contributed by atoms with E-state index in [4.69, 9.17) is 0 Å². The molecule has 5 heteroatoms. The molecule has 0 spiro atoms. The van der Waals surface area contributed by atoms with Crippen molar-refractivity contribution in [2.45, 2.75) is 40.5 Å². The van der Waals surface area contributed by atoms with E-state index in [1.54, 1.807) is 0 Å². The normalized spacial score (nSPS) is 10.7. The zero-order valence-electron chi connectivity index (χ0n) is 14.2. The fourth-order valence-corrected chi connectivity index (χ4v) is 2.32. The van der Waals surface area contributed by atoms with Crippen LogP contribution in [-0.4, -0.2) is 15.9 Å². The van der Waals surface area contributed by atoms with Crippen LogP contribution in [-0.2, 0) is 11.2 Å². The largest absolute Gasteiger partial charge is 0.340 e. The van der Waals surface area contributed by atoms with Crippen LogP contribution in [0.3, 0.4) is 0 Å². The number of benzene rings is 1. The van der Waals surface area contributed by atoms with E-state index in [-0.39, 0.29) is 5.91 Å². The Balaban J connectivity index is 2.19. The molecule has 0 aliphatic rings. The Labute approximate surface area is 137 Å². The number of rotatable bonds is 6. The lowest BCUT2D eigenvalue weighted by Crippen LogP contribution is -2.15. The Morgan fingerprint density at radius 2 is 2.00 bits per heavy atom. The molecule has 0 unspecified atom stereocenters. The van der Waals surface area contributed by atoms with Gasteiger partial charge in [-0.05, 0) is 37.0 Å². The highest BCUT2D eigenvalue weighted by atomic mass is 16.1. The van der Waals surface area contributed by atoms with Crippen molar-refractivity contribution in [2.75, 3.05) is 10.6 Å². The van der Waals surface area contributed by atoms with Crippen molar-refractivity contribution in [1.82, 2.24) is 9.97 Å². The Morgan fingerprint density at radius 1 is 1.22 bits per heavy atom. The maximum absolute atomic E-state index is 12.1. The average molecular weight is 312 g/mol. The predicted molar refractivity (Wildman–Crippen MR) is 94.0 cm³/mol. The number of hydrogen-bond donors (Lipinski definition) is 2. The van der Waals surface area contributed by atoms with Crippen LogP contribution in [0.5, 0.6) is 0 Å². The quantitative estimate of drug-likeness (QED) is 0.843. The van der Waals surface area contributed by atoms with Crippen molar-refractivity contribution in [3.8, 4) is 0 Å². The number of aromatic nitrogens is 2. The standard InChI is InChI=1S/C18H24N4O/c1-5-14-6-7-15(21-17-9-13(4)19-11-20-17)10-16(14)22-18(23)8-12(2)3/h6-7,9-12H,5,8H2,1-4H3,(H,22,23)(H,19,20,21). The molecule has 0 saturated heterocycles. The number of aryl methyl sites for hydroxylation is 2. The van der Waals surface area contributed by atoms with Crippen LogP contribution < -0.4 is 10.6 Å². The SMILES string of the molecule is CCc1ccc(Nc2cc(C)ncn2)cc1NC(=O)CC(C)C. The summed E-state index contributed by atoms with van der Waals surface area (Å²) >= 11 is 0. The van der Waals surface area contributed by atoms with E-state index in [1.807, 2.05) is 45.0 Å². The van der Waals surface area contributed by atoms with Crippen molar-refractivity contribution in [3.05, 3.63) is 41.9 Å². The molecule has 23 heavy (non-hydrogen) atoms. The minimum absolute atomic E-state index is 0.0460. The average Bonchev–Trinajstić information content (AvgIpc) is 2.46.